The Kier molecular flexibility index (Phi) is 64.0. The molecule has 17 nitrogen and oxygen atoms in total. The first-order valence-electron chi connectivity index (χ1n) is 39.2. The van der Waals surface area contributed by atoms with E-state index in [9.17, 15) is 43.2 Å². The molecule has 0 fully saturated rings. The molecule has 6 atom stereocenters. The molecular formula is C76H148O17P2. The zero-order valence-corrected chi connectivity index (χ0v) is 64.1. The molecule has 0 aromatic heterocycles. The lowest BCUT2D eigenvalue weighted by Gasteiger charge is -2.21. The minimum absolute atomic E-state index is 0.105. The van der Waals surface area contributed by atoms with Gasteiger partial charge in [-0.2, -0.15) is 0 Å². The normalized spacial score (nSPS) is 14.4. The van der Waals surface area contributed by atoms with Gasteiger partial charge in [-0.15, -0.1) is 0 Å². The Morgan fingerprint density at radius 2 is 0.505 bits per heavy atom. The Morgan fingerprint density at radius 3 is 0.747 bits per heavy atom. The van der Waals surface area contributed by atoms with Gasteiger partial charge in [-0.1, -0.05) is 331 Å². The molecule has 0 radical (unpaired) electrons. The summed E-state index contributed by atoms with van der Waals surface area (Å²) in [6.45, 7) is 14.1. The first-order chi connectivity index (χ1) is 45.6. The minimum Gasteiger partial charge on any atom is -0.462 e. The number of esters is 4. The van der Waals surface area contributed by atoms with E-state index in [1.807, 2.05) is 0 Å². The molecular weight excluding hydrogens is 1250 g/mol. The van der Waals surface area contributed by atoms with Crippen molar-refractivity contribution in [3.05, 3.63) is 0 Å². The molecule has 564 valence electrons. The predicted molar refractivity (Wildman–Crippen MR) is 386 cm³/mol. The summed E-state index contributed by atoms with van der Waals surface area (Å²) in [5, 5.41) is 10.6. The number of rotatable bonds is 73. The molecule has 0 bridgehead atoms. The third-order valence-electron chi connectivity index (χ3n) is 17.9. The molecule has 19 heteroatoms. The number of ether oxygens (including phenoxy) is 4. The van der Waals surface area contributed by atoms with Gasteiger partial charge in [-0.05, 0) is 49.4 Å². The molecule has 95 heavy (non-hydrogen) atoms. The number of hydrogen-bond acceptors (Lipinski definition) is 15. The van der Waals surface area contributed by atoms with Gasteiger partial charge >= 0.3 is 39.5 Å². The van der Waals surface area contributed by atoms with Gasteiger partial charge in [0.25, 0.3) is 0 Å². The highest BCUT2D eigenvalue weighted by Crippen LogP contribution is 2.45. The smallest absolute Gasteiger partial charge is 0.462 e. The van der Waals surface area contributed by atoms with E-state index in [2.05, 4.69) is 55.4 Å². The molecule has 0 aliphatic rings. The van der Waals surface area contributed by atoms with Gasteiger partial charge < -0.3 is 33.8 Å². The van der Waals surface area contributed by atoms with Gasteiger partial charge in [-0.3, -0.25) is 37.3 Å². The number of aliphatic hydroxyl groups excluding tert-OH is 1. The van der Waals surface area contributed by atoms with E-state index in [1.165, 1.54) is 173 Å². The number of carbonyl (C=O) groups excluding carboxylic acids is 4. The second-order valence-corrected chi connectivity index (χ2v) is 32.0. The molecule has 0 spiro atoms. The van der Waals surface area contributed by atoms with Crippen LogP contribution in [0.5, 0.6) is 0 Å². The van der Waals surface area contributed by atoms with Crippen molar-refractivity contribution < 1.29 is 80.2 Å². The predicted octanol–water partition coefficient (Wildman–Crippen LogP) is 22.0. The minimum atomic E-state index is -4.96. The fourth-order valence-corrected chi connectivity index (χ4v) is 13.1. The average molecular weight is 1400 g/mol. The van der Waals surface area contributed by atoms with Crippen LogP contribution >= 0.6 is 15.6 Å². The molecule has 3 unspecified atom stereocenters. The zero-order valence-electron chi connectivity index (χ0n) is 62.3. The summed E-state index contributed by atoms with van der Waals surface area (Å²) in [4.78, 5) is 72.7. The Morgan fingerprint density at radius 1 is 0.295 bits per heavy atom. The molecule has 0 amide bonds. The molecule has 0 aromatic rings. The van der Waals surface area contributed by atoms with E-state index >= 15 is 0 Å². The third kappa shape index (κ3) is 69.0. The highest BCUT2D eigenvalue weighted by atomic mass is 31.2. The molecule has 0 aliphatic carbocycles. The van der Waals surface area contributed by atoms with Crippen molar-refractivity contribution in [3.63, 3.8) is 0 Å². The van der Waals surface area contributed by atoms with Crippen LogP contribution in [-0.2, 0) is 65.4 Å². The molecule has 3 N–H and O–H groups in total. The number of aliphatic hydroxyl groups is 1. The molecule has 0 heterocycles. The van der Waals surface area contributed by atoms with Crippen LogP contribution in [0.25, 0.3) is 0 Å². The van der Waals surface area contributed by atoms with Gasteiger partial charge in [0.2, 0.25) is 0 Å². The van der Waals surface area contributed by atoms with E-state index in [4.69, 9.17) is 37.0 Å². The topological polar surface area (TPSA) is 237 Å². The maximum absolute atomic E-state index is 13.1. The number of carbonyl (C=O) groups is 4. The summed E-state index contributed by atoms with van der Waals surface area (Å²) < 4.78 is 68.4. The van der Waals surface area contributed by atoms with E-state index in [0.717, 1.165) is 120 Å². The van der Waals surface area contributed by atoms with Crippen molar-refractivity contribution in [1.82, 2.24) is 0 Å². The summed E-state index contributed by atoms with van der Waals surface area (Å²) in [5.41, 5.74) is 0. The van der Waals surface area contributed by atoms with Gasteiger partial charge in [0.1, 0.15) is 19.3 Å². The van der Waals surface area contributed by atoms with Crippen molar-refractivity contribution in [2.24, 2.45) is 23.7 Å². The molecule has 0 aromatic carbocycles. The molecule has 0 rings (SSSR count). The highest BCUT2D eigenvalue weighted by Gasteiger charge is 2.30. The van der Waals surface area contributed by atoms with E-state index < -0.39 is 97.5 Å². The van der Waals surface area contributed by atoms with Gasteiger partial charge in [0.15, 0.2) is 12.2 Å². The van der Waals surface area contributed by atoms with Gasteiger partial charge in [0, 0.05) is 25.7 Å². The maximum Gasteiger partial charge on any atom is 0.472 e. The SMILES string of the molecule is CCC(C)CCCCCCCCC(=O)OC[C@H](COP(=O)(O)OC[C@H](O)COP(=O)(O)OC[C@@H](COC(=O)CCCCCCCCC(C)C)OC(=O)CCCCCCCCCCCCCCC(C)C)OC(=O)CCCCCCCCCCCCCCCCCCCCC(C)C. The average Bonchev–Trinajstić information content (AvgIpc) is 1.60. The van der Waals surface area contributed by atoms with Crippen molar-refractivity contribution >= 4 is 39.5 Å². The summed E-state index contributed by atoms with van der Waals surface area (Å²) in [5.74, 6) is 0.882. The monoisotopic (exact) mass is 1400 g/mol. The number of unbranched alkanes of at least 4 members (excludes halogenated alkanes) is 38. The summed E-state index contributed by atoms with van der Waals surface area (Å²) in [6.07, 6.45) is 50.3. The Hall–Kier alpha value is -1.94. The first kappa shape index (κ1) is 93.1. The molecule has 0 saturated heterocycles. The number of phosphoric ester groups is 2. The quantitative estimate of drug-likeness (QED) is 0.0222. The van der Waals surface area contributed by atoms with E-state index in [-0.39, 0.29) is 25.7 Å². The van der Waals surface area contributed by atoms with Crippen LogP contribution in [0, 0.1) is 23.7 Å². The van der Waals surface area contributed by atoms with Crippen molar-refractivity contribution in [3.8, 4) is 0 Å². The lowest BCUT2D eigenvalue weighted by Crippen LogP contribution is -2.30. The second-order valence-electron chi connectivity index (χ2n) is 29.1. The van der Waals surface area contributed by atoms with Gasteiger partial charge in [0.05, 0.1) is 26.4 Å². The van der Waals surface area contributed by atoms with Crippen LogP contribution in [0.4, 0.5) is 0 Å². The standard InChI is InChI=1S/C76H148O17P2/c1-9-69(8)55-47-39-33-35-41-49-57-74(79)87-63-72(93-75(80)58-50-42-30-26-22-17-15-13-11-10-12-14-16-20-24-28-36-44-52-66(2)3)65-91-95(84,85)89-61-70(77)60-88-94(82,83)90-64-71(62-86-73(78)56-48-40-34-32-38-46-54-68(6)7)92-76(81)59-51-43-31-27-23-19-18-21-25-29-37-45-53-67(4)5/h66-72,77H,9-65H2,1-8H3,(H,82,83)(H,84,85)/t69?,70-,71-,72-/m1/s1. The maximum atomic E-state index is 13.1. The Labute approximate surface area is 581 Å². The summed E-state index contributed by atoms with van der Waals surface area (Å²) in [6, 6.07) is 0. The second kappa shape index (κ2) is 65.4. The van der Waals surface area contributed by atoms with Gasteiger partial charge in [-0.25, -0.2) is 9.13 Å². The highest BCUT2D eigenvalue weighted by molar-refractivity contribution is 7.47. The molecule has 0 saturated carbocycles. The van der Waals surface area contributed by atoms with Crippen LogP contribution in [-0.4, -0.2) is 96.7 Å². The summed E-state index contributed by atoms with van der Waals surface area (Å²) in [7, 11) is -9.91. The summed E-state index contributed by atoms with van der Waals surface area (Å²) >= 11 is 0. The first-order valence-corrected chi connectivity index (χ1v) is 42.2. The Balaban J connectivity index is 5.17. The Bertz CT molecular complexity index is 1870. The van der Waals surface area contributed by atoms with Crippen LogP contribution in [0.2, 0.25) is 0 Å². The van der Waals surface area contributed by atoms with Crippen molar-refractivity contribution in [2.45, 2.75) is 401 Å². The van der Waals surface area contributed by atoms with E-state index in [0.29, 0.717) is 31.6 Å². The van der Waals surface area contributed by atoms with E-state index in [1.54, 1.807) is 0 Å². The van der Waals surface area contributed by atoms with Crippen molar-refractivity contribution in [2.75, 3.05) is 39.6 Å². The lowest BCUT2D eigenvalue weighted by atomic mass is 10.00. The number of hydrogen-bond donors (Lipinski definition) is 3. The number of phosphoric acid groups is 2. The van der Waals surface area contributed by atoms with Crippen LogP contribution < -0.4 is 0 Å². The largest absolute Gasteiger partial charge is 0.472 e. The third-order valence-corrected chi connectivity index (χ3v) is 19.8. The van der Waals surface area contributed by atoms with Crippen molar-refractivity contribution in [1.29, 1.82) is 0 Å². The fraction of sp³-hybridized carbons (Fsp3) is 0.947. The zero-order chi connectivity index (χ0) is 70.3. The van der Waals surface area contributed by atoms with Crippen LogP contribution in [0.1, 0.15) is 383 Å². The fourth-order valence-electron chi connectivity index (χ4n) is 11.5. The van der Waals surface area contributed by atoms with Crippen LogP contribution in [0.15, 0.2) is 0 Å². The molecule has 0 aliphatic heterocycles. The lowest BCUT2D eigenvalue weighted by molar-refractivity contribution is -0.161. The van der Waals surface area contributed by atoms with Crippen LogP contribution in [0.3, 0.4) is 0 Å².